The zero-order chi connectivity index (χ0) is 10.4. The molecular formula is C10H14N2O2. The number of carbonyl (C=O) groups is 1. The summed E-state index contributed by atoms with van der Waals surface area (Å²) >= 11 is 0. The summed E-state index contributed by atoms with van der Waals surface area (Å²) in [6.45, 7) is 0. The third-order valence-electron chi connectivity index (χ3n) is 2.08. The molecule has 0 saturated carbocycles. The maximum atomic E-state index is 10.4. The molecule has 2 N–H and O–H groups in total. The predicted octanol–water partition coefficient (Wildman–Crippen LogP) is 1.21. The highest BCUT2D eigenvalue weighted by molar-refractivity contribution is 5.66. The van der Waals surface area contributed by atoms with Gasteiger partial charge in [-0.25, -0.2) is 0 Å². The van der Waals surface area contributed by atoms with E-state index in [9.17, 15) is 4.79 Å². The molecule has 0 radical (unpaired) electrons. The van der Waals surface area contributed by atoms with Gasteiger partial charge in [0.25, 0.3) is 0 Å². The van der Waals surface area contributed by atoms with Crippen LogP contribution in [0, 0.1) is 0 Å². The van der Waals surface area contributed by atoms with E-state index in [1.54, 1.807) is 12.4 Å². The van der Waals surface area contributed by atoms with Crippen molar-refractivity contribution in [3.8, 4) is 0 Å². The molecule has 0 saturated heterocycles. The summed E-state index contributed by atoms with van der Waals surface area (Å²) in [4.78, 5) is 14.4. The highest BCUT2D eigenvalue weighted by Crippen LogP contribution is 2.16. The third kappa shape index (κ3) is 3.14. The summed E-state index contributed by atoms with van der Waals surface area (Å²) in [5, 5.41) is 11.6. The first kappa shape index (κ1) is 10.7. The molecule has 1 aromatic rings. The Morgan fingerprint density at radius 3 is 3.00 bits per heavy atom. The second-order valence-corrected chi connectivity index (χ2v) is 3.06. The molecule has 0 aliphatic rings. The molecule has 4 nitrogen and oxygen atoms in total. The number of nitrogens with zero attached hydrogens (tertiary/aromatic N) is 1. The van der Waals surface area contributed by atoms with Gasteiger partial charge in [0.15, 0.2) is 0 Å². The van der Waals surface area contributed by atoms with Gasteiger partial charge in [0.1, 0.15) is 0 Å². The van der Waals surface area contributed by atoms with Crippen LogP contribution in [0.2, 0.25) is 0 Å². The molecule has 0 spiro atoms. The molecule has 1 rings (SSSR count). The van der Waals surface area contributed by atoms with Crippen molar-refractivity contribution in [2.75, 3.05) is 7.05 Å². The zero-order valence-electron chi connectivity index (χ0n) is 8.10. The number of rotatable bonds is 5. The van der Waals surface area contributed by atoms with Crippen molar-refractivity contribution in [3.63, 3.8) is 0 Å². The number of hydrogen-bond acceptors (Lipinski definition) is 3. The number of carboxylic acid groups (broad SMARTS) is 1. The molecule has 0 unspecified atom stereocenters. The summed E-state index contributed by atoms with van der Waals surface area (Å²) in [7, 11) is 1.82. The molecular weight excluding hydrogens is 180 g/mol. The molecule has 0 amide bonds. The van der Waals surface area contributed by atoms with Gasteiger partial charge in [0, 0.05) is 24.9 Å². The first-order valence-corrected chi connectivity index (χ1v) is 4.53. The van der Waals surface area contributed by atoms with Gasteiger partial charge in [0.2, 0.25) is 0 Å². The van der Waals surface area contributed by atoms with Crippen LogP contribution in [0.4, 0.5) is 0 Å². The van der Waals surface area contributed by atoms with E-state index in [4.69, 9.17) is 5.11 Å². The summed E-state index contributed by atoms with van der Waals surface area (Å²) in [6.07, 6.45) is 4.20. The first-order valence-electron chi connectivity index (χ1n) is 4.53. The van der Waals surface area contributed by atoms with E-state index in [0.717, 1.165) is 5.56 Å². The van der Waals surface area contributed by atoms with Crippen LogP contribution >= 0.6 is 0 Å². The summed E-state index contributed by atoms with van der Waals surface area (Å²) in [5.74, 6) is -0.769. The fraction of sp³-hybridized carbons (Fsp3) is 0.400. The largest absolute Gasteiger partial charge is 0.481 e. The van der Waals surface area contributed by atoms with Gasteiger partial charge in [-0.1, -0.05) is 6.07 Å². The summed E-state index contributed by atoms with van der Waals surface area (Å²) in [5.41, 5.74) is 1.02. The lowest BCUT2D eigenvalue weighted by Crippen LogP contribution is -2.17. The maximum Gasteiger partial charge on any atom is 0.303 e. The van der Waals surface area contributed by atoms with Crippen LogP contribution in [0.1, 0.15) is 24.4 Å². The molecule has 76 valence electrons. The second kappa shape index (κ2) is 5.34. The highest BCUT2D eigenvalue weighted by atomic mass is 16.4. The molecule has 0 bridgehead atoms. The van der Waals surface area contributed by atoms with Crippen molar-refractivity contribution in [1.82, 2.24) is 10.3 Å². The molecule has 0 aliphatic carbocycles. The van der Waals surface area contributed by atoms with Gasteiger partial charge in [-0.3, -0.25) is 9.78 Å². The van der Waals surface area contributed by atoms with Crippen LogP contribution in [-0.2, 0) is 4.79 Å². The Bertz CT molecular complexity index is 287. The fourth-order valence-corrected chi connectivity index (χ4v) is 1.33. The average molecular weight is 194 g/mol. The number of carboxylic acids is 1. The van der Waals surface area contributed by atoms with Crippen molar-refractivity contribution >= 4 is 5.97 Å². The minimum atomic E-state index is -0.769. The Hall–Kier alpha value is -1.42. The van der Waals surface area contributed by atoms with Crippen LogP contribution in [0.5, 0.6) is 0 Å². The predicted molar refractivity (Wildman–Crippen MR) is 52.9 cm³/mol. The molecule has 14 heavy (non-hydrogen) atoms. The van der Waals surface area contributed by atoms with Gasteiger partial charge in [0.05, 0.1) is 0 Å². The Kier molecular flexibility index (Phi) is 4.07. The third-order valence-corrected chi connectivity index (χ3v) is 2.08. The number of nitrogens with one attached hydrogen (secondary N) is 1. The van der Waals surface area contributed by atoms with Crippen molar-refractivity contribution < 1.29 is 9.90 Å². The highest BCUT2D eigenvalue weighted by Gasteiger charge is 2.10. The molecule has 0 fully saturated rings. The normalized spacial score (nSPS) is 12.4. The lowest BCUT2D eigenvalue weighted by atomic mass is 10.0. The molecule has 0 aromatic carbocycles. The summed E-state index contributed by atoms with van der Waals surface area (Å²) < 4.78 is 0. The number of aromatic nitrogens is 1. The molecule has 0 aliphatic heterocycles. The van der Waals surface area contributed by atoms with E-state index in [-0.39, 0.29) is 12.5 Å². The van der Waals surface area contributed by atoms with E-state index < -0.39 is 5.97 Å². The number of aliphatic carboxylic acids is 1. The van der Waals surface area contributed by atoms with Crippen LogP contribution in [-0.4, -0.2) is 23.1 Å². The standard InChI is InChI=1S/C10H14N2O2/c1-11-9(4-5-10(13)14)8-3-2-6-12-7-8/h2-3,6-7,9,11H,4-5H2,1H3,(H,13,14)/t9-/m1/s1. The molecule has 1 aromatic heterocycles. The van der Waals surface area contributed by atoms with Crippen molar-refractivity contribution in [3.05, 3.63) is 30.1 Å². The van der Waals surface area contributed by atoms with E-state index in [0.29, 0.717) is 6.42 Å². The molecule has 4 heteroatoms. The van der Waals surface area contributed by atoms with Crippen LogP contribution in [0.15, 0.2) is 24.5 Å². The lowest BCUT2D eigenvalue weighted by molar-refractivity contribution is -0.137. The fourth-order valence-electron chi connectivity index (χ4n) is 1.33. The SMILES string of the molecule is CN[C@H](CCC(=O)O)c1cccnc1. The van der Waals surface area contributed by atoms with Crippen LogP contribution < -0.4 is 5.32 Å². The van der Waals surface area contributed by atoms with Gasteiger partial charge in [-0.2, -0.15) is 0 Å². The lowest BCUT2D eigenvalue weighted by Gasteiger charge is -2.14. The van der Waals surface area contributed by atoms with Gasteiger partial charge >= 0.3 is 5.97 Å². The Labute approximate surface area is 83.0 Å². The summed E-state index contributed by atoms with van der Waals surface area (Å²) in [6, 6.07) is 3.86. The first-order chi connectivity index (χ1) is 6.74. The average Bonchev–Trinajstić information content (AvgIpc) is 2.20. The van der Waals surface area contributed by atoms with Gasteiger partial charge in [-0.15, -0.1) is 0 Å². The van der Waals surface area contributed by atoms with Crippen molar-refractivity contribution in [2.45, 2.75) is 18.9 Å². The minimum absolute atomic E-state index is 0.0693. The molecule has 1 heterocycles. The van der Waals surface area contributed by atoms with E-state index >= 15 is 0 Å². The van der Waals surface area contributed by atoms with Gasteiger partial charge in [-0.05, 0) is 25.1 Å². The Balaban J connectivity index is 2.58. The number of hydrogen-bond donors (Lipinski definition) is 2. The van der Waals surface area contributed by atoms with Crippen molar-refractivity contribution in [1.29, 1.82) is 0 Å². The Morgan fingerprint density at radius 2 is 2.50 bits per heavy atom. The quantitative estimate of drug-likeness (QED) is 0.739. The van der Waals surface area contributed by atoms with E-state index in [2.05, 4.69) is 10.3 Å². The van der Waals surface area contributed by atoms with Crippen LogP contribution in [0.25, 0.3) is 0 Å². The Morgan fingerprint density at radius 1 is 1.71 bits per heavy atom. The smallest absolute Gasteiger partial charge is 0.303 e. The van der Waals surface area contributed by atoms with E-state index in [1.165, 1.54) is 0 Å². The van der Waals surface area contributed by atoms with Crippen LogP contribution in [0.3, 0.4) is 0 Å². The van der Waals surface area contributed by atoms with Crippen molar-refractivity contribution in [2.24, 2.45) is 0 Å². The monoisotopic (exact) mass is 194 g/mol. The zero-order valence-corrected chi connectivity index (χ0v) is 8.10. The molecule has 1 atom stereocenters. The maximum absolute atomic E-state index is 10.4. The van der Waals surface area contributed by atoms with E-state index in [1.807, 2.05) is 19.2 Å². The minimum Gasteiger partial charge on any atom is -0.481 e. The number of pyridine rings is 1. The van der Waals surface area contributed by atoms with Gasteiger partial charge < -0.3 is 10.4 Å². The topological polar surface area (TPSA) is 62.2 Å². The second-order valence-electron chi connectivity index (χ2n) is 3.06.